The molecule has 0 radical (unpaired) electrons. The zero-order chi connectivity index (χ0) is 12.3. The second-order valence-corrected chi connectivity index (χ2v) is 5.17. The van der Waals surface area contributed by atoms with E-state index in [1.54, 1.807) is 10.9 Å². The van der Waals surface area contributed by atoms with Crippen LogP contribution in [0.2, 0.25) is 0 Å². The number of halogens is 1. The Balaban J connectivity index is 2.85. The zero-order valence-electron chi connectivity index (χ0n) is 9.90. The molecule has 0 bridgehead atoms. The van der Waals surface area contributed by atoms with Crippen molar-refractivity contribution in [1.29, 1.82) is 0 Å². The van der Waals surface area contributed by atoms with E-state index in [9.17, 15) is 4.79 Å². The van der Waals surface area contributed by atoms with Gasteiger partial charge in [-0.25, -0.2) is 0 Å². The molecule has 1 heterocycles. The standard InChI is InChI=1S/C11H18BrN3O/c1-7(2)15-11(9(12)6-14-15)10(16)5-4-8(3)13/h6-8H,4-5,13H2,1-3H3. The minimum absolute atomic E-state index is 0.0538. The lowest BCUT2D eigenvalue weighted by molar-refractivity contribution is 0.0965. The average Bonchev–Trinajstić information content (AvgIpc) is 2.56. The van der Waals surface area contributed by atoms with Gasteiger partial charge in [0.05, 0.1) is 10.7 Å². The van der Waals surface area contributed by atoms with E-state index >= 15 is 0 Å². The molecule has 1 aromatic heterocycles. The first-order valence-corrected chi connectivity index (χ1v) is 6.24. The van der Waals surface area contributed by atoms with Crippen molar-refractivity contribution in [3.05, 3.63) is 16.4 Å². The third-order valence-electron chi connectivity index (χ3n) is 2.33. The SMILES string of the molecule is CC(N)CCC(=O)c1c(Br)cnn1C(C)C. The van der Waals surface area contributed by atoms with Crippen LogP contribution < -0.4 is 5.73 Å². The summed E-state index contributed by atoms with van der Waals surface area (Å²) in [4.78, 5) is 12.0. The normalized spacial score (nSPS) is 13.1. The number of carbonyl (C=O) groups excluding carboxylic acids is 1. The molecule has 0 aliphatic carbocycles. The Morgan fingerprint density at radius 1 is 1.56 bits per heavy atom. The van der Waals surface area contributed by atoms with E-state index in [2.05, 4.69) is 21.0 Å². The van der Waals surface area contributed by atoms with Gasteiger partial charge in [0.15, 0.2) is 5.78 Å². The number of ketones is 1. The largest absolute Gasteiger partial charge is 0.328 e. The molecule has 0 saturated carbocycles. The van der Waals surface area contributed by atoms with Gasteiger partial charge >= 0.3 is 0 Å². The summed E-state index contributed by atoms with van der Waals surface area (Å²) in [5, 5.41) is 4.18. The molecule has 0 aromatic carbocycles. The highest BCUT2D eigenvalue weighted by Crippen LogP contribution is 2.21. The number of hydrogen-bond acceptors (Lipinski definition) is 3. The van der Waals surface area contributed by atoms with Crippen molar-refractivity contribution < 1.29 is 4.79 Å². The number of nitrogens with two attached hydrogens (primary N) is 1. The van der Waals surface area contributed by atoms with Crippen molar-refractivity contribution in [3.8, 4) is 0 Å². The van der Waals surface area contributed by atoms with Gasteiger partial charge in [-0.1, -0.05) is 0 Å². The lowest BCUT2D eigenvalue weighted by Gasteiger charge is -2.11. The van der Waals surface area contributed by atoms with Crippen LogP contribution in [0.25, 0.3) is 0 Å². The highest BCUT2D eigenvalue weighted by molar-refractivity contribution is 9.10. The number of aromatic nitrogens is 2. The number of carbonyl (C=O) groups is 1. The Morgan fingerprint density at radius 2 is 2.19 bits per heavy atom. The van der Waals surface area contributed by atoms with Crippen LogP contribution in [-0.2, 0) is 0 Å². The summed E-state index contributed by atoms with van der Waals surface area (Å²) in [7, 11) is 0. The topological polar surface area (TPSA) is 60.9 Å². The Bertz CT molecular complexity index is 371. The minimum Gasteiger partial charge on any atom is -0.328 e. The third kappa shape index (κ3) is 3.15. The van der Waals surface area contributed by atoms with Crippen molar-refractivity contribution in [2.75, 3.05) is 0 Å². The molecule has 5 heteroatoms. The highest BCUT2D eigenvalue weighted by atomic mass is 79.9. The van der Waals surface area contributed by atoms with Crippen LogP contribution in [0.15, 0.2) is 10.7 Å². The van der Waals surface area contributed by atoms with Crippen LogP contribution in [-0.4, -0.2) is 21.6 Å². The molecule has 0 saturated heterocycles. The van der Waals surface area contributed by atoms with E-state index in [1.807, 2.05) is 20.8 Å². The first kappa shape index (κ1) is 13.4. The maximum absolute atomic E-state index is 12.0. The fourth-order valence-electron chi connectivity index (χ4n) is 1.47. The molecule has 0 fully saturated rings. The molecule has 0 aliphatic rings. The van der Waals surface area contributed by atoms with E-state index in [0.717, 1.165) is 4.47 Å². The van der Waals surface area contributed by atoms with Crippen molar-refractivity contribution in [2.45, 2.75) is 45.7 Å². The Morgan fingerprint density at radius 3 is 2.69 bits per heavy atom. The molecule has 1 unspecified atom stereocenters. The summed E-state index contributed by atoms with van der Waals surface area (Å²) < 4.78 is 2.50. The van der Waals surface area contributed by atoms with Gasteiger partial charge in [-0.3, -0.25) is 9.48 Å². The zero-order valence-corrected chi connectivity index (χ0v) is 11.5. The van der Waals surface area contributed by atoms with Gasteiger partial charge in [-0.2, -0.15) is 5.10 Å². The van der Waals surface area contributed by atoms with E-state index < -0.39 is 0 Å². The van der Waals surface area contributed by atoms with Crippen LogP contribution in [0, 0.1) is 0 Å². The molecule has 1 atom stereocenters. The van der Waals surface area contributed by atoms with Gasteiger partial charge in [0, 0.05) is 18.5 Å². The summed E-state index contributed by atoms with van der Waals surface area (Å²) >= 11 is 3.36. The molecule has 0 spiro atoms. The number of hydrogen-bond donors (Lipinski definition) is 1. The number of rotatable bonds is 5. The second kappa shape index (κ2) is 5.59. The first-order valence-electron chi connectivity index (χ1n) is 5.45. The van der Waals surface area contributed by atoms with Crippen molar-refractivity contribution in [1.82, 2.24) is 9.78 Å². The first-order chi connectivity index (χ1) is 7.43. The van der Waals surface area contributed by atoms with Gasteiger partial charge in [0.25, 0.3) is 0 Å². The van der Waals surface area contributed by atoms with E-state index in [-0.39, 0.29) is 17.9 Å². The van der Waals surface area contributed by atoms with Crippen LogP contribution >= 0.6 is 15.9 Å². The number of nitrogens with zero attached hydrogens (tertiary/aromatic N) is 2. The average molecular weight is 288 g/mol. The van der Waals surface area contributed by atoms with E-state index in [1.165, 1.54) is 0 Å². The Hall–Kier alpha value is -0.680. The highest BCUT2D eigenvalue weighted by Gasteiger charge is 2.18. The third-order valence-corrected chi connectivity index (χ3v) is 2.91. The van der Waals surface area contributed by atoms with Crippen LogP contribution in [0.1, 0.15) is 50.1 Å². The van der Waals surface area contributed by atoms with E-state index in [0.29, 0.717) is 18.5 Å². The molecule has 1 aromatic rings. The number of Topliss-reactive ketones (excluding diaryl/α,β-unsaturated/α-hetero) is 1. The molecule has 90 valence electrons. The lowest BCUT2D eigenvalue weighted by Crippen LogP contribution is -2.18. The smallest absolute Gasteiger partial charge is 0.182 e. The second-order valence-electron chi connectivity index (χ2n) is 4.32. The van der Waals surface area contributed by atoms with Gasteiger partial charge < -0.3 is 5.73 Å². The Kier molecular flexibility index (Phi) is 4.68. The van der Waals surface area contributed by atoms with Gasteiger partial charge in [0.1, 0.15) is 5.69 Å². The predicted molar refractivity (Wildman–Crippen MR) is 67.5 cm³/mol. The molecule has 16 heavy (non-hydrogen) atoms. The quantitative estimate of drug-likeness (QED) is 0.847. The molecule has 2 N–H and O–H groups in total. The van der Waals surface area contributed by atoms with Crippen molar-refractivity contribution in [3.63, 3.8) is 0 Å². The molecule has 0 amide bonds. The van der Waals surface area contributed by atoms with Crippen LogP contribution in [0.3, 0.4) is 0 Å². The fraction of sp³-hybridized carbons (Fsp3) is 0.636. The van der Waals surface area contributed by atoms with Crippen LogP contribution in [0.5, 0.6) is 0 Å². The predicted octanol–water partition coefficient (Wildman–Crippen LogP) is 2.54. The molecule has 1 rings (SSSR count). The summed E-state index contributed by atoms with van der Waals surface area (Å²) in [5.41, 5.74) is 6.29. The molecule has 4 nitrogen and oxygen atoms in total. The minimum atomic E-state index is 0.0538. The van der Waals surface area contributed by atoms with Gasteiger partial charge in [0.2, 0.25) is 0 Å². The maximum Gasteiger partial charge on any atom is 0.182 e. The van der Waals surface area contributed by atoms with Crippen molar-refractivity contribution in [2.24, 2.45) is 5.73 Å². The summed E-state index contributed by atoms with van der Waals surface area (Å²) in [6.07, 6.45) is 2.84. The summed E-state index contributed by atoms with van der Waals surface area (Å²) in [6.45, 7) is 5.91. The molecule has 0 aliphatic heterocycles. The fourth-order valence-corrected chi connectivity index (χ4v) is 1.97. The van der Waals surface area contributed by atoms with Gasteiger partial charge in [-0.15, -0.1) is 0 Å². The van der Waals surface area contributed by atoms with E-state index in [4.69, 9.17) is 5.73 Å². The maximum atomic E-state index is 12.0. The summed E-state index contributed by atoms with van der Waals surface area (Å²) in [6, 6.07) is 0.235. The summed E-state index contributed by atoms with van der Waals surface area (Å²) in [5.74, 6) is 0.0929. The molecular weight excluding hydrogens is 270 g/mol. The van der Waals surface area contributed by atoms with Crippen molar-refractivity contribution >= 4 is 21.7 Å². The molecular formula is C11H18BrN3O. The van der Waals surface area contributed by atoms with Crippen LogP contribution in [0.4, 0.5) is 0 Å². The monoisotopic (exact) mass is 287 g/mol. The lowest BCUT2D eigenvalue weighted by atomic mass is 10.1. The Labute approximate surface area is 104 Å². The van der Waals surface area contributed by atoms with Gasteiger partial charge in [-0.05, 0) is 43.1 Å².